The molecule has 2 heterocycles. The highest BCUT2D eigenvalue weighted by molar-refractivity contribution is 8.01. The number of thioether (sulfide) groups is 1. The Labute approximate surface area is 174 Å². The van der Waals surface area contributed by atoms with Gasteiger partial charge in [0.15, 0.2) is 0 Å². The Kier molecular flexibility index (Phi) is 6.72. The van der Waals surface area contributed by atoms with Gasteiger partial charge in [0.25, 0.3) is 0 Å². The molecule has 3 rings (SSSR count). The van der Waals surface area contributed by atoms with E-state index < -0.39 is 11.0 Å². The Balaban J connectivity index is 1.74. The van der Waals surface area contributed by atoms with Crippen LogP contribution in [0.4, 0.5) is 5.69 Å². The molecular weight excluding hydrogens is 392 g/mol. The van der Waals surface area contributed by atoms with Crippen LogP contribution in [0.5, 0.6) is 0 Å². The summed E-state index contributed by atoms with van der Waals surface area (Å²) < 4.78 is 15.2. The molecule has 1 aromatic heterocycles. The van der Waals surface area contributed by atoms with Crippen LogP contribution in [0.2, 0.25) is 0 Å². The van der Waals surface area contributed by atoms with Crippen LogP contribution in [0.25, 0.3) is 0 Å². The average Bonchev–Trinajstić information content (AvgIpc) is 3.09. The fraction of sp³-hybridized carbons (Fsp3) is 0.524. The van der Waals surface area contributed by atoms with Gasteiger partial charge in [-0.15, -0.1) is 23.1 Å². The standard InChI is InChI=1S/C21H30N2OS3/c1-16(26-20-14-17(15-25-20)27(24)22(4)5)18-8-6-7-9-19(18)23-12-10-21(2,3)11-13-23/h6-9,14-16H,10-13H2,1-5H3. The first-order chi connectivity index (χ1) is 12.8. The van der Waals surface area contributed by atoms with Crippen molar-refractivity contribution >= 4 is 39.8 Å². The first-order valence-corrected chi connectivity index (χ1v) is 12.3. The van der Waals surface area contributed by atoms with Crippen LogP contribution in [0.1, 0.15) is 44.4 Å². The fourth-order valence-corrected chi connectivity index (χ4v) is 6.80. The average molecular weight is 423 g/mol. The third-order valence-corrected chi connectivity index (χ3v) is 8.92. The molecule has 1 aliphatic heterocycles. The Hall–Kier alpha value is -0.820. The molecule has 2 unspecified atom stereocenters. The van der Waals surface area contributed by atoms with Crippen molar-refractivity contribution in [2.24, 2.45) is 5.41 Å². The molecule has 1 aliphatic rings. The van der Waals surface area contributed by atoms with Crippen LogP contribution in [-0.4, -0.2) is 35.7 Å². The Morgan fingerprint density at radius 3 is 2.56 bits per heavy atom. The maximum Gasteiger partial charge on any atom is 0.127 e. The number of anilines is 1. The molecule has 1 fully saturated rings. The Morgan fingerprint density at radius 1 is 1.22 bits per heavy atom. The number of benzene rings is 1. The number of rotatable bonds is 6. The predicted octanol–water partition coefficient (Wildman–Crippen LogP) is 5.81. The third-order valence-electron chi connectivity index (χ3n) is 5.21. The van der Waals surface area contributed by atoms with Gasteiger partial charge in [-0.25, -0.2) is 8.51 Å². The maximum absolute atomic E-state index is 12.3. The van der Waals surface area contributed by atoms with Crippen LogP contribution < -0.4 is 4.90 Å². The van der Waals surface area contributed by atoms with E-state index in [1.165, 1.54) is 28.3 Å². The van der Waals surface area contributed by atoms with E-state index in [0.717, 1.165) is 18.0 Å². The zero-order valence-corrected chi connectivity index (χ0v) is 19.3. The molecule has 0 bridgehead atoms. The summed E-state index contributed by atoms with van der Waals surface area (Å²) in [6.07, 6.45) is 2.49. The molecule has 0 spiro atoms. The van der Waals surface area contributed by atoms with Crippen molar-refractivity contribution in [1.82, 2.24) is 4.31 Å². The summed E-state index contributed by atoms with van der Waals surface area (Å²) in [5, 5.41) is 2.37. The van der Waals surface area contributed by atoms with Crippen molar-refractivity contribution in [2.75, 3.05) is 32.1 Å². The number of hydrogen-bond donors (Lipinski definition) is 0. The molecule has 3 nitrogen and oxygen atoms in total. The first kappa shape index (κ1) is 20.9. The molecule has 148 valence electrons. The molecule has 0 amide bonds. The minimum Gasteiger partial charge on any atom is -0.371 e. The van der Waals surface area contributed by atoms with Gasteiger partial charge < -0.3 is 4.90 Å². The molecule has 2 aromatic rings. The van der Waals surface area contributed by atoms with E-state index in [1.807, 2.05) is 31.2 Å². The van der Waals surface area contributed by atoms with Gasteiger partial charge in [-0.2, -0.15) is 0 Å². The lowest BCUT2D eigenvalue weighted by molar-refractivity contribution is 0.279. The van der Waals surface area contributed by atoms with E-state index in [1.54, 1.807) is 15.6 Å². The van der Waals surface area contributed by atoms with Gasteiger partial charge in [0.05, 0.1) is 9.10 Å². The highest BCUT2D eigenvalue weighted by Crippen LogP contribution is 2.43. The summed E-state index contributed by atoms with van der Waals surface area (Å²) in [5.41, 5.74) is 3.23. The van der Waals surface area contributed by atoms with E-state index in [2.05, 4.69) is 56.0 Å². The summed E-state index contributed by atoms with van der Waals surface area (Å²) >= 11 is 3.55. The molecule has 0 radical (unpaired) electrons. The minimum absolute atomic E-state index is 0.357. The van der Waals surface area contributed by atoms with Gasteiger partial charge in [0.2, 0.25) is 0 Å². The summed E-state index contributed by atoms with van der Waals surface area (Å²) in [4.78, 5) is 3.45. The summed E-state index contributed by atoms with van der Waals surface area (Å²) in [7, 11) is 2.63. The van der Waals surface area contributed by atoms with Crippen LogP contribution >= 0.6 is 23.1 Å². The van der Waals surface area contributed by atoms with Crippen molar-refractivity contribution in [2.45, 2.75) is 48.0 Å². The fourth-order valence-electron chi connectivity index (χ4n) is 3.37. The molecule has 0 saturated carbocycles. The van der Waals surface area contributed by atoms with Gasteiger partial charge in [0.1, 0.15) is 11.0 Å². The lowest BCUT2D eigenvalue weighted by atomic mass is 9.82. The van der Waals surface area contributed by atoms with E-state index in [9.17, 15) is 4.21 Å². The zero-order valence-electron chi connectivity index (χ0n) is 16.9. The molecular formula is C21H30N2OS3. The largest absolute Gasteiger partial charge is 0.371 e. The molecule has 1 aromatic carbocycles. The van der Waals surface area contributed by atoms with Crippen LogP contribution in [0.15, 0.2) is 44.8 Å². The second-order valence-electron chi connectivity index (χ2n) is 8.13. The predicted molar refractivity (Wildman–Crippen MR) is 120 cm³/mol. The second-order valence-corrected chi connectivity index (χ2v) is 12.4. The Morgan fingerprint density at radius 2 is 1.89 bits per heavy atom. The topological polar surface area (TPSA) is 23.6 Å². The number of para-hydroxylation sites is 1. The summed E-state index contributed by atoms with van der Waals surface area (Å²) in [5.74, 6) is 0. The van der Waals surface area contributed by atoms with Crippen molar-refractivity contribution in [3.8, 4) is 0 Å². The molecule has 6 heteroatoms. The minimum atomic E-state index is -1.07. The lowest BCUT2D eigenvalue weighted by Gasteiger charge is -2.39. The van der Waals surface area contributed by atoms with Crippen molar-refractivity contribution in [1.29, 1.82) is 0 Å². The van der Waals surface area contributed by atoms with Gasteiger partial charge in [-0.1, -0.05) is 32.0 Å². The second kappa shape index (κ2) is 8.68. The van der Waals surface area contributed by atoms with Gasteiger partial charge in [-0.05, 0) is 57.0 Å². The molecule has 1 saturated heterocycles. The number of hydrogen-bond acceptors (Lipinski definition) is 4. The number of nitrogens with zero attached hydrogens (tertiary/aromatic N) is 2. The van der Waals surface area contributed by atoms with Crippen LogP contribution in [-0.2, 0) is 11.0 Å². The monoisotopic (exact) mass is 422 g/mol. The van der Waals surface area contributed by atoms with Crippen LogP contribution in [0.3, 0.4) is 0 Å². The lowest BCUT2D eigenvalue weighted by Crippen LogP contribution is -2.37. The van der Waals surface area contributed by atoms with Crippen molar-refractivity contribution < 1.29 is 4.21 Å². The summed E-state index contributed by atoms with van der Waals surface area (Å²) in [6, 6.07) is 10.9. The highest BCUT2D eigenvalue weighted by atomic mass is 32.2. The van der Waals surface area contributed by atoms with E-state index >= 15 is 0 Å². The van der Waals surface area contributed by atoms with E-state index in [0.29, 0.717) is 10.7 Å². The quantitative estimate of drug-likeness (QED) is 0.549. The van der Waals surface area contributed by atoms with Crippen molar-refractivity contribution in [3.05, 3.63) is 41.3 Å². The Bertz CT molecular complexity index is 790. The third kappa shape index (κ3) is 5.17. The van der Waals surface area contributed by atoms with Crippen LogP contribution in [0, 0.1) is 5.41 Å². The molecule has 0 N–H and O–H groups in total. The SMILES string of the molecule is CC(Sc1cc(S(=O)N(C)C)cs1)c1ccccc1N1CCC(C)(C)CC1. The maximum atomic E-state index is 12.3. The molecule has 0 aliphatic carbocycles. The van der Waals surface area contributed by atoms with E-state index in [4.69, 9.17) is 0 Å². The van der Waals surface area contributed by atoms with Crippen molar-refractivity contribution in [3.63, 3.8) is 0 Å². The first-order valence-electron chi connectivity index (χ1n) is 9.45. The van der Waals surface area contributed by atoms with E-state index in [-0.39, 0.29) is 0 Å². The number of piperidine rings is 1. The highest BCUT2D eigenvalue weighted by Gasteiger charge is 2.27. The number of thiophene rings is 1. The van der Waals surface area contributed by atoms with Gasteiger partial charge >= 0.3 is 0 Å². The summed E-state index contributed by atoms with van der Waals surface area (Å²) in [6.45, 7) is 9.29. The zero-order chi connectivity index (χ0) is 19.6. The van der Waals surface area contributed by atoms with Gasteiger partial charge in [0, 0.05) is 29.4 Å². The normalized spacial score (nSPS) is 19.3. The smallest absolute Gasteiger partial charge is 0.127 e. The molecule has 27 heavy (non-hydrogen) atoms. The molecule has 2 atom stereocenters. The van der Waals surface area contributed by atoms with Gasteiger partial charge in [-0.3, -0.25) is 0 Å².